The van der Waals surface area contributed by atoms with Gasteiger partial charge in [0, 0.05) is 18.7 Å². The second-order valence-electron chi connectivity index (χ2n) is 7.94. The van der Waals surface area contributed by atoms with Gasteiger partial charge in [-0.2, -0.15) is 5.10 Å². The smallest absolute Gasteiger partial charge is 0.264 e. The molecule has 0 saturated heterocycles. The fourth-order valence-electron chi connectivity index (χ4n) is 3.78. The van der Waals surface area contributed by atoms with Crippen LogP contribution in [-0.4, -0.2) is 25.2 Å². The second-order valence-corrected chi connectivity index (χ2v) is 7.94. The van der Waals surface area contributed by atoms with Crippen LogP contribution in [0, 0.1) is 27.7 Å². The van der Waals surface area contributed by atoms with Crippen LogP contribution in [0.1, 0.15) is 28.7 Å². The first-order valence-corrected chi connectivity index (χ1v) is 10.2. The lowest BCUT2D eigenvalue weighted by atomic mass is 10.1. The Balaban J connectivity index is 1.52. The van der Waals surface area contributed by atoms with Crippen LogP contribution in [0.4, 0.5) is 5.69 Å². The van der Waals surface area contributed by atoms with Crippen LogP contribution in [0.15, 0.2) is 53.7 Å². The van der Waals surface area contributed by atoms with Crippen molar-refractivity contribution in [2.45, 2.75) is 40.7 Å². The Hall–Kier alpha value is -3.74. The number of benzene rings is 2. The zero-order valence-electron chi connectivity index (χ0n) is 18.1. The monoisotopic (exact) mass is 415 g/mol. The molecule has 7 nitrogen and oxygen atoms in total. The average Bonchev–Trinajstić information content (AvgIpc) is 3.16. The van der Waals surface area contributed by atoms with Crippen molar-refractivity contribution >= 4 is 22.6 Å². The van der Waals surface area contributed by atoms with E-state index in [1.807, 2.05) is 64.1 Å². The molecule has 1 amide bonds. The molecule has 2 aromatic carbocycles. The van der Waals surface area contributed by atoms with Crippen LogP contribution in [0.25, 0.3) is 16.7 Å². The number of amides is 1. The maximum Gasteiger partial charge on any atom is 0.264 e. The molecule has 2 heterocycles. The molecule has 0 aliphatic heterocycles. The molecule has 0 unspecified atom stereocenters. The van der Waals surface area contributed by atoms with E-state index in [1.54, 1.807) is 4.68 Å². The highest BCUT2D eigenvalue weighted by atomic mass is 16.2. The maximum absolute atomic E-state index is 12.9. The van der Waals surface area contributed by atoms with Gasteiger partial charge in [0.2, 0.25) is 5.91 Å². The number of rotatable bonds is 5. The topological polar surface area (TPSA) is 81.8 Å². The number of anilines is 1. The molecule has 4 rings (SSSR count). The number of hydrogen-bond acceptors (Lipinski definition) is 4. The predicted molar refractivity (Wildman–Crippen MR) is 122 cm³/mol. The average molecular weight is 415 g/mol. The van der Waals surface area contributed by atoms with E-state index in [0.717, 1.165) is 33.6 Å². The molecule has 0 saturated carbocycles. The minimum Gasteiger partial charge on any atom is -0.326 e. The Morgan fingerprint density at radius 2 is 1.68 bits per heavy atom. The molecule has 0 spiro atoms. The third-order valence-corrected chi connectivity index (χ3v) is 5.35. The molecule has 0 atom stereocenters. The Morgan fingerprint density at radius 1 is 1.00 bits per heavy atom. The Kier molecular flexibility index (Phi) is 5.42. The number of hydrogen-bond donors (Lipinski definition) is 1. The molecule has 7 heteroatoms. The summed E-state index contributed by atoms with van der Waals surface area (Å²) in [5.74, 6) is -0.141. The minimum atomic E-state index is -0.209. The summed E-state index contributed by atoms with van der Waals surface area (Å²) in [5, 5.41) is 7.73. The molecule has 0 aliphatic carbocycles. The highest BCUT2D eigenvalue weighted by Gasteiger charge is 2.13. The molecule has 0 bridgehead atoms. The summed E-state index contributed by atoms with van der Waals surface area (Å²) in [7, 11) is 0. The van der Waals surface area contributed by atoms with Crippen molar-refractivity contribution in [1.29, 1.82) is 0 Å². The molecule has 31 heavy (non-hydrogen) atoms. The Bertz CT molecular complexity index is 1310. The van der Waals surface area contributed by atoms with Gasteiger partial charge >= 0.3 is 0 Å². The van der Waals surface area contributed by atoms with Crippen molar-refractivity contribution < 1.29 is 4.79 Å². The predicted octanol–water partition coefficient (Wildman–Crippen LogP) is 3.84. The molecular weight excluding hydrogens is 390 g/mol. The fraction of sp³-hybridized carbons (Fsp3) is 0.250. The van der Waals surface area contributed by atoms with Gasteiger partial charge in [0.05, 0.1) is 18.2 Å². The fourth-order valence-corrected chi connectivity index (χ4v) is 3.78. The minimum absolute atomic E-state index is 0.141. The summed E-state index contributed by atoms with van der Waals surface area (Å²) in [4.78, 5) is 29.8. The molecular formula is C24H25N5O2. The van der Waals surface area contributed by atoms with Crippen molar-refractivity contribution in [3.63, 3.8) is 0 Å². The molecule has 0 aliphatic rings. The third-order valence-electron chi connectivity index (χ3n) is 5.35. The largest absolute Gasteiger partial charge is 0.326 e. The number of nitrogens with zero attached hydrogens (tertiary/aromatic N) is 4. The van der Waals surface area contributed by atoms with Gasteiger partial charge in [-0.1, -0.05) is 35.4 Å². The van der Waals surface area contributed by atoms with Crippen molar-refractivity contribution in [3.05, 3.63) is 81.5 Å². The number of aryl methyl sites for hydroxylation is 5. The van der Waals surface area contributed by atoms with E-state index < -0.39 is 0 Å². The summed E-state index contributed by atoms with van der Waals surface area (Å²) >= 11 is 0. The van der Waals surface area contributed by atoms with E-state index >= 15 is 0 Å². The SMILES string of the molecule is Cc1ccc(-n2ncc3c(=O)n(CCC(=O)Nc4c(C)cc(C)cc4C)cnc32)cc1. The van der Waals surface area contributed by atoms with Gasteiger partial charge in [-0.25, -0.2) is 9.67 Å². The lowest BCUT2D eigenvalue weighted by Gasteiger charge is -2.13. The molecule has 2 aromatic heterocycles. The summed E-state index contributed by atoms with van der Waals surface area (Å²) in [6, 6.07) is 11.9. The first-order valence-electron chi connectivity index (χ1n) is 10.2. The molecule has 4 aromatic rings. The van der Waals surface area contributed by atoms with Gasteiger partial charge in [-0.15, -0.1) is 0 Å². The third kappa shape index (κ3) is 4.12. The summed E-state index contributed by atoms with van der Waals surface area (Å²) < 4.78 is 3.11. The van der Waals surface area contributed by atoms with Crippen molar-refractivity contribution in [1.82, 2.24) is 19.3 Å². The van der Waals surface area contributed by atoms with Gasteiger partial charge in [0.15, 0.2) is 5.65 Å². The van der Waals surface area contributed by atoms with Gasteiger partial charge in [0.1, 0.15) is 5.39 Å². The molecule has 0 radical (unpaired) electrons. The van der Waals surface area contributed by atoms with E-state index in [2.05, 4.69) is 15.4 Å². The van der Waals surface area contributed by atoms with Gasteiger partial charge in [0.25, 0.3) is 5.56 Å². The standard InChI is InChI=1S/C24H25N5O2/c1-15-5-7-19(8-6-15)29-23-20(13-26-29)24(31)28(14-25-23)10-9-21(30)27-22-17(3)11-16(2)12-18(22)4/h5-8,11-14H,9-10H2,1-4H3,(H,27,30). The lowest BCUT2D eigenvalue weighted by molar-refractivity contribution is -0.116. The highest BCUT2D eigenvalue weighted by Crippen LogP contribution is 2.22. The second kappa shape index (κ2) is 8.18. The first-order chi connectivity index (χ1) is 14.8. The number of nitrogens with one attached hydrogen (secondary N) is 1. The lowest BCUT2D eigenvalue weighted by Crippen LogP contribution is -2.24. The van der Waals surface area contributed by atoms with E-state index in [9.17, 15) is 9.59 Å². The normalized spacial score (nSPS) is 11.1. The van der Waals surface area contributed by atoms with Crippen LogP contribution >= 0.6 is 0 Å². The van der Waals surface area contributed by atoms with Crippen molar-refractivity contribution in [3.8, 4) is 5.69 Å². The van der Waals surface area contributed by atoms with E-state index in [1.165, 1.54) is 17.1 Å². The van der Waals surface area contributed by atoms with E-state index in [-0.39, 0.29) is 24.4 Å². The Labute approximate surface area is 180 Å². The highest BCUT2D eigenvalue weighted by molar-refractivity contribution is 5.92. The summed E-state index contributed by atoms with van der Waals surface area (Å²) in [6.07, 6.45) is 3.18. The first kappa shape index (κ1) is 20.5. The summed E-state index contributed by atoms with van der Waals surface area (Å²) in [6.45, 7) is 8.24. The van der Waals surface area contributed by atoms with Gasteiger partial charge in [-0.3, -0.25) is 14.2 Å². The van der Waals surface area contributed by atoms with Gasteiger partial charge < -0.3 is 5.32 Å². The number of carbonyl (C=O) groups is 1. The summed E-state index contributed by atoms with van der Waals surface area (Å²) in [5.41, 5.74) is 6.31. The van der Waals surface area contributed by atoms with Crippen LogP contribution in [0.2, 0.25) is 0 Å². The van der Waals surface area contributed by atoms with E-state index in [0.29, 0.717) is 11.0 Å². The molecule has 158 valence electrons. The van der Waals surface area contributed by atoms with Crippen molar-refractivity contribution in [2.75, 3.05) is 5.32 Å². The maximum atomic E-state index is 12.9. The number of aromatic nitrogens is 4. The van der Waals surface area contributed by atoms with Crippen LogP contribution in [-0.2, 0) is 11.3 Å². The van der Waals surface area contributed by atoms with Crippen LogP contribution in [0.5, 0.6) is 0 Å². The van der Waals surface area contributed by atoms with E-state index in [4.69, 9.17) is 0 Å². The Morgan fingerprint density at radius 3 is 2.35 bits per heavy atom. The van der Waals surface area contributed by atoms with Gasteiger partial charge in [-0.05, 0) is 51.0 Å². The molecule has 1 N–H and O–H groups in total. The number of carbonyl (C=O) groups excluding carboxylic acids is 1. The zero-order chi connectivity index (χ0) is 22.1. The number of fused-ring (bicyclic) bond motifs is 1. The van der Waals surface area contributed by atoms with Crippen LogP contribution in [0.3, 0.4) is 0 Å². The molecule has 0 fully saturated rings. The van der Waals surface area contributed by atoms with Crippen molar-refractivity contribution in [2.24, 2.45) is 0 Å². The van der Waals surface area contributed by atoms with Crippen LogP contribution < -0.4 is 10.9 Å². The zero-order valence-corrected chi connectivity index (χ0v) is 18.1. The quantitative estimate of drug-likeness (QED) is 0.537.